The van der Waals surface area contributed by atoms with Crippen molar-refractivity contribution in [2.75, 3.05) is 26.2 Å². The lowest BCUT2D eigenvalue weighted by molar-refractivity contribution is 0.160. The Labute approximate surface area is 139 Å². The van der Waals surface area contributed by atoms with Crippen molar-refractivity contribution in [3.63, 3.8) is 0 Å². The fourth-order valence-electron chi connectivity index (χ4n) is 2.73. The third kappa shape index (κ3) is 6.84. The first kappa shape index (κ1) is 18.5. The van der Waals surface area contributed by atoms with Crippen LogP contribution in [0.5, 0.6) is 0 Å². The molecule has 1 fully saturated rings. The monoisotopic (exact) mass is 329 g/mol. The molecule has 1 aromatic rings. The number of nitrogens with zero attached hydrogens (tertiary/aromatic N) is 1. The van der Waals surface area contributed by atoms with E-state index in [9.17, 15) is 0 Å². The number of piperidine rings is 1. The number of aliphatic hydroxyl groups excluding tert-OH is 1. The molecule has 0 amide bonds. The summed E-state index contributed by atoms with van der Waals surface area (Å²) >= 11 is 5.86. The molecule has 1 heterocycles. The van der Waals surface area contributed by atoms with Gasteiger partial charge in [-0.15, -0.1) is 12.4 Å². The second-order valence-corrected chi connectivity index (χ2v) is 5.98. The average Bonchev–Trinajstić information content (AvgIpc) is 2.47. The van der Waals surface area contributed by atoms with Crippen LogP contribution in [0, 0.1) is 5.92 Å². The summed E-state index contributed by atoms with van der Waals surface area (Å²) in [6, 6.07) is 7.93. The number of halogens is 2. The van der Waals surface area contributed by atoms with Gasteiger partial charge in [-0.05, 0) is 62.4 Å². The molecule has 0 atom stereocenters. The molecule has 0 saturated carbocycles. The Morgan fingerprint density at radius 2 is 1.86 bits per heavy atom. The highest BCUT2D eigenvalue weighted by molar-refractivity contribution is 6.30. The van der Waals surface area contributed by atoms with Gasteiger partial charge in [-0.2, -0.15) is 0 Å². The van der Waals surface area contributed by atoms with Gasteiger partial charge in [0, 0.05) is 18.2 Å². The highest BCUT2D eigenvalue weighted by atomic mass is 35.5. The Kier molecular flexibility index (Phi) is 9.02. The minimum Gasteiger partial charge on any atom is -0.396 e. The Morgan fingerprint density at radius 3 is 2.48 bits per heavy atom. The Morgan fingerprint density at radius 1 is 1.19 bits per heavy atom. The predicted molar refractivity (Wildman–Crippen MR) is 93.2 cm³/mol. The summed E-state index contributed by atoms with van der Waals surface area (Å²) in [4.78, 5) is 2.53. The van der Waals surface area contributed by atoms with Crippen molar-refractivity contribution in [1.29, 1.82) is 0 Å². The van der Waals surface area contributed by atoms with Crippen molar-refractivity contribution < 1.29 is 5.11 Å². The molecule has 0 aliphatic carbocycles. The summed E-state index contributed by atoms with van der Waals surface area (Å²) < 4.78 is 0. The molecule has 1 saturated heterocycles. The summed E-state index contributed by atoms with van der Waals surface area (Å²) in [6.45, 7) is 3.84. The summed E-state index contributed by atoms with van der Waals surface area (Å²) in [5.41, 5.74) is 1.20. The van der Waals surface area contributed by atoms with Crippen LogP contribution in [-0.4, -0.2) is 36.2 Å². The molecule has 118 valence electrons. The molecule has 1 aromatic carbocycles. The van der Waals surface area contributed by atoms with Crippen LogP contribution in [0.1, 0.15) is 31.2 Å². The van der Waals surface area contributed by atoms with Crippen LogP contribution in [0.4, 0.5) is 0 Å². The molecule has 21 heavy (non-hydrogen) atoms. The molecule has 0 radical (unpaired) electrons. The summed E-state index contributed by atoms with van der Waals surface area (Å²) in [6.07, 6.45) is 8.94. The SMILES string of the molecule is Cl.OCCC1CCN(CCC=Cc2ccc(Cl)cc2)CC1. The van der Waals surface area contributed by atoms with Crippen LogP contribution in [0.15, 0.2) is 30.3 Å². The second kappa shape index (κ2) is 10.2. The summed E-state index contributed by atoms with van der Waals surface area (Å²) in [5.74, 6) is 0.737. The molecule has 0 unspecified atom stereocenters. The van der Waals surface area contributed by atoms with Gasteiger partial charge < -0.3 is 10.0 Å². The van der Waals surface area contributed by atoms with E-state index in [-0.39, 0.29) is 12.4 Å². The van der Waals surface area contributed by atoms with Crippen LogP contribution in [0.3, 0.4) is 0 Å². The average molecular weight is 330 g/mol. The summed E-state index contributed by atoms with van der Waals surface area (Å²) in [5, 5.41) is 9.74. The van der Waals surface area contributed by atoms with E-state index in [4.69, 9.17) is 16.7 Å². The first-order valence-electron chi connectivity index (χ1n) is 7.53. The van der Waals surface area contributed by atoms with E-state index in [2.05, 4.69) is 17.1 Å². The normalized spacial score (nSPS) is 17.0. The molecule has 2 nitrogen and oxygen atoms in total. The van der Waals surface area contributed by atoms with Crippen LogP contribution >= 0.6 is 24.0 Å². The maximum absolute atomic E-state index is 8.95. The fraction of sp³-hybridized carbons (Fsp3) is 0.529. The molecule has 1 N–H and O–H groups in total. The summed E-state index contributed by atoms with van der Waals surface area (Å²) in [7, 11) is 0. The van der Waals surface area contributed by atoms with Crippen LogP contribution in [-0.2, 0) is 0 Å². The van der Waals surface area contributed by atoms with E-state index in [0.29, 0.717) is 6.61 Å². The largest absolute Gasteiger partial charge is 0.396 e. The van der Waals surface area contributed by atoms with E-state index in [0.717, 1.165) is 30.3 Å². The third-order valence-corrected chi connectivity index (χ3v) is 4.29. The first-order chi connectivity index (χ1) is 9.78. The molecular formula is C17H25Cl2NO. The van der Waals surface area contributed by atoms with Gasteiger partial charge in [0.25, 0.3) is 0 Å². The molecule has 1 aliphatic heterocycles. The van der Waals surface area contributed by atoms with Gasteiger partial charge in [0.15, 0.2) is 0 Å². The van der Waals surface area contributed by atoms with Gasteiger partial charge in [0.05, 0.1) is 0 Å². The van der Waals surface area contributed by atoms with Crippen LogP contribution in [0.2, 0.25) is 5.02 Å². The zero-order valence-electron chi connectivity index (χ0n) is 12.4. The lowest BCUT2D eigenvalue weighted by Gasteiger charge is -2.31. The van der Waals surface area contributed by atoms with Crippen LogP contribution < -0.4 is 0 Å². The van der Waals surface area contributed by atoms with Crippen molar-refractivity contribution in [2.24, 2.45) is 5.92 Å². The van der Waals surface area contributed by atoms with Crippen molar-refractivity contribution in [3.8, 4) is 0 Å². The zero-order valence-corrected chi connectivity index (χ0v) is 14.0. The van der Waals surface area contributed by atoms with Gasteiger partial charge in [0.1, 0.15) is 0 Å². The molecule has 0 aromatic heterocycles. The maximum atomic E-state index is 8.95. The quantitative estimate of drug-likeness (QED) is 0.842. The van der Waals surface area contributed by atoms with Gasteiger partial charge in [-0.25, -0.2) is 0 Å². The van der Waals surface area contributed by atoms with Gasteiger partial charge in [-0.3, -0.25) is 0 Å². The van der Waals surface area contributed by atoms with Gasteiger partial charge in [-0.1, -0.05) is 35.9 Å². The van der Waals surface area contributed by atoms with E-state index in [1.165, 1.54) is 31.5 Å². The minimum absolute atomic E-state index is 0. The molecule has 2 rings (SSSR count). The standard InChI is InChI=1S/C17H24ClNO.ClH/c18-17-6-4-15(5-7-17)3-1-2-11-19-12-8-16(9-13-19)10-14-20;/h1,3-7,16,20H,2,8-14H2;1H. The predicted octanol–water partition coefficient (Wildman–Crippen LogP) is 4.26. The zero-order chi connectivity index (χ0) is 14.2. The third-order valence-electron chi connectivity index (χ3n) is 4.04. The van der Waals surface area contributed by atoms with E-state index in [1.54, 1.807) is 0 Å². The number of hydrogen-bond donors (Lipinski definition) is 1. The number of aliphatic hydroxyl groups is 1. The Hall–Kier alpha value is -0.540. The lowest BCUT2D eigenvalue weighted by atomic mass is 9.94. The molecule has 0 spiro atoms. The van der Waals surface area contributed by atoms with Crippen molar-refractivity contribution in [2.45, 2.75) is 25.7 Å². The maximum Gasteiger partial charge on any atom is 0.0433 e. The molecule has 4 heteroatoms. The highest BCUT2D eigenvalue weighted by Gasteiger charge is 2.17. The number of benzene rings is 1. The first-order valence-corrected chi connectivity index (χ1v) is 7.91. The molecule has 0 bridgehead atoms. The number of hydrogen-bond acceptors (Lipinski definition) is 2. The second-order valence-electron chi connectivity index (χ2n) is 5.54. The molecule has 1 aliphatic rings. The Bertz CT molecular complexity index is 411. The van der Waals surface area contributed by atoms with Crippen LogP contribution in [0.25, 0.3) is 6.08 Å². The topological polar surface area (TPSA) is 23.5 Å². The van der Waals surface area contributed by atoms with Crippen molar-refractivity contribution in [3.05, 3.63) is 40.9 Å². The van der Waals surface area contributed by atoms with Crippen molar-refractivity contribution >= 4 is 30.1 Å². The fourth-order valence-corrected chi connectivity index (χ4v) is 2.86. The number of rotatable bonds is 6. The van der Waals surface area contributed by atoms with Gasteiger partial charge in [0.2, 0.25) is 0 Å². The van der Waals surface area contributed by atoms with Crippen molar-refractivity contribution in [1.82, 2.24) is 4.90 Å². The Balaban J connectivity index is 0.00000220. The lowest BCUT2D eigenvalue weighted by Crippen LogP contribution is -2.34. The van der Waals surface area contributed by atoms with E-state index < -0.39 is 0 Å². The number of likely N-dealkylation sites (tertiary alicyclic amines) is 1. The molecular weight excluding hydrogens is 305 g/mol. The highest BCUT2D eigenvalue weighted by Crippen LogP contribution is 2.20. The van der Waals surface area contributed by atoms with Gasteiger partial charge >= 0.3 is 0 Å². The van der Waals surface area contributed by atoms with E-state index in [1.807, 2.05) is 24.3 Å². The van der Waals surface area contributed by atoms with E-state index >= 15 is 0 Å². The minimum atomic E-state index is 0. The smallest absolute Gasteiger partial charge is 0.0433 e.